The Labute approximate surface area is 132 Å². The highest BCUT2D eigenvalue weighted by Gasteiger charge is 2.42. The first-order valence-electron chi connectivity index (χ1n) is 8.41. The van der Waals surface area contributed by atoms with Gasteiger partial charge in [0.25, 0.3) is 0 Å². The Morgan fingerprint density at radius 3 is 2.91 bits per heavy atom. The van der Waals surface area contributed by atoms with Crippen molar-refractivity contribution in [3.8, 4) is 0 Å². The first-order chi connectivity index (χ1) is 10.8. The summed E-state index contributed by atoms with van der Waals surface area (Å²) >= 11 is 0. The van der Waals surface area contributed by atoms with E-state index in [0.717, 1.165) is 39.1 Å². The van der Waals surface area contributed by atoms with Gasteiger partial charge in [-0.25, -0.2) is 0 Å². The van der Waals surface area contributed by atoms with E-state index in [9.17, 15) is 4.79 Å². The molecule has 120 valence electrons. The van der Waals surface area contributed by atoms with E-state index in [1.807, 2.05) is 13.0 Å². The van der Waals surface area contributed by atoms with Gasteiger partial charge >= 0.3 is 5.97 Å². The lowest BCUT2D eigenvalue weighted by Gasteiger charge is -2.45. The summed E-state index contributed by atoms with van der Waals surface area (Å²) < 4.78 is 5.34. The second kappa shape index (κ2) is 7.25. The molecule has 0 saturated carbocycles. The van der Waals surface area contributed by atoms with E-state index in [2.05, 4.69) is 34.5 Å². The maximum absolute atomic E-state index is 12.4. The quantitative estimate of drug-likeness (QED) is 0.863. The second-order valence-electron chi connectivity index (χ2n) is 6.45. The van der Waals surface area contributed by atoms with Crippen molar-refractivity contribution in [3.05, 3.63) is 35.9 Å². The van der Waals surface area contributed by atoms with Crippen molar-refractivity contribution in [2.45, 2.75) is 19.9 Å². The van der Waals surface area contributed by atoms with Crippen molar-refractivity contribution in [2.24, 2.45) is 17.8 Å². The van der Waals surface area contributed by atoms with Gasteiger partial charge in [0, 0.05) is 19.6 Å². The normalized spacial score (nSPS) is 28.9. The van der Waals surface area contributed by atoms with Gasteiger partial charge in [-0.1, -0.05) is 30.3 Å². The van der Waals surface area contributed by atoms with Crippen molar-refractivity contribution in [3.63, 3.8) is 0 Å². The van der Waals surface area contributed by atoms with Crippen molar-refractivity contribution in [1.82, 2.24) is 10.2 Å². The molecule has 0 bridgehead atoms. The number of fused-ring (bicyclic) bond motifs is 1. The van der Waals surface area contributed by atoms with E-state index in [0.29, 0.717) is 18.4 Å². The Bertz CT molecular complexity index is 491. The summed E-state index contributed by atoms with van der Waals surface area (Å²) in [4.78, 5) is 14.8. The number of carbonyl (C=O) groups is 1. The zero-order valence-electron chi connectivity index (χ0n) is 13.3. The Morgan fingerprint density at radius 1 is 1.32 bits per heavy atom. The highest BCUT2D eigenvalue weighted by Crippen LogP contribution is 2.34. The predicted molar refractivity (Wildman–Crippen MR) is 86.3 cm³/mol. The number of nitrogens with one attached hydrogen (secondary N) is 1. The van der Waals surface area contributed by atoms with Crippen LogP contribution in [0.4, 0.5) is 0 Å². The van der Waals surface area contributed by atoms with Gasteiger partial charge in [-0.05, 0) is 43.8 Å². The van der Waals surface area contributed by atoms with Crippen LogP contribution in [0.2, 0.25) is 0 Å². The van der Waals surface area contributed by atoms with Gasteiger partial charge in [0.2, 0.25) is 0 Å². The largest absolute Gasteiger partial charge is 0.466 e. The number of esters is 1. The van der Waals surface area contributed by atoms with Gasteiger partial charge in [0.15, 0.2) is 0 Å². The van der Waals surface area contributed by atoms with Crippen LogP contribution in [-0.4, -0.2) is 43.7 Å². The average Bonchev–Trinajstić information content (AvgIpc) is 2.55. The van der Waals surface area contributed by atoms with Crippen LogP contribution in [0.25, 0.3) is 0 Å². The number of nitrogens with zero attached hydrogens (tertiary/aromatic N) is 1. The topological polar surface area (TPSA) is 41.6 Å². The molecule has 2 saturated heterocycles. The molecule has 2 heterocycles. The minimum absolute atomic E-state index is 0.00946. The molecule has 0 aliphatic carbocycles. The van der Waals surface area contributed by atoms with Gasteiger partial charge < -0.3 is 10.1 Å². The smallest absolute Gasteiger partial charge is 0.310 e. The average molecular weight is 302 g/mol. The van der Waals surface area contributed by atoms with E-state index >= 15 is 0 Å². The molecule has 3 rings (SSSR count). The van der Waals surface area contributed by atoms with E-state index in [1.54, 1.807) is 0 Å². The van der Waals surface area contributed by atoms with Gasteiger partial charge in [-0.3, -0.25) is 9.69 Å². The molecule has 4 nitrogen and oxygen atoms in total. The summed E-state index contributed by atoms with van der Waals surface area (Å²) in [7, 11) is 0. The number of benzene rings is 1. The first kappa shape index (κ1) is 15.5. The number of hydrogen-bond donors (Lipinski definition) is 1. The van der Waals surface area contributed by atoms with Crippen molar-refractivity contribution < 1.29 is 9.53 Å². The van der Waals surface area contributed by atoms with E-state index < -0.39 is 0 Å². The van der Waals surface area contributed by atoms with Crippen LogP contribution in [0.3, 0.4) is 0 Å². The molecular formula is C18H26N2O2. The fraction of sp³-hybridized carbons (Fsp3) is 0.611. The van der Waals surface area contributed by atoms with Crippen LogP contribution in [0.5, 0.6) is 0 Å². The molecule has 2 aliphatic heterocycles. The zero-order chi connectivity index (χ0) is 15.4. The number of likely N-dealkylation sites (tertiary alicyclic amines) is 1. The monoisotopic (exact) mass is 302 g/mol. The minimum Gasteiger partial charge on any atom is -0.466 e. The SMILES string of the molecule is CCOC(=O)C1CN(Cc2ccccc2)CC2CCNCC21. The van der Waals surface area contributed by atoms with Crippen molar-refractivity contribution in [1.29, 1.82) is 0 Å². The molecule has 1 aromatic carbocycles. The lowest BCUT2D eigenvalue weighted by molar-refractivity contribution is -0.154. The summed E-state index contributed by atoms with van der Waals surface area (Å²) in [5, 5.41) is 3.45. The third kappa shape index (κ3) is 3.50. The molecule has 0 aromatic heterocycles. The molecule has 3 unspecified atom stereocenters. The first-order valence-corrected chi connectivity index (χ1v) is 8.41. The molecule has 1 N–H and O–H groups in total. The molecule has 3 atom stereocenters. The molecule has 1 aromatic rings. The zero-order valence-corrected chi connectivity index (χ0v) is 13.3. The van der Waals surface area contributed by atoms with Gasteiger partial charge in [0.05, 0.1) is 12.5 Å². The Hall–Kier alpha value is -1.39. The van der Waals surface area contributed by atoms with Gasteiger partial charge in [0.1, 0.15) is 0 Å². The van der Waals surface area contributed by atoms with Gasteiger partial charge in [-0.15, -0.1) is 0 Å². The standard InChI is InChI=1S/C18H26N2O2/c1-2-22-18(21)17-13-20(11-14-6-4-3-5-7-14)12-15-8-9-19-10-16(15)17/h3-7,15-17,19H,2,8-13H2,1H3. The summed E-state index contributed by atoms with van der Waals surface area (Å²) in [6.45, 7) is 7.21. The Balaban J connectivity index is 1.72. The predicted octanol–water partition coefficient (Wildman–Crippen LogP) is 1.91. The maximum Gasteiger partial charge on any atom is 0.310 e. The Morgan fingerprint density at radius 2 is 2.14 bits per heavy atom. The second-order valence-corrected chi connectivity index (χ2v) is 6.45. The fourth-order valence-corrected chi connectivity index (χ4v) is 3.92. The van der Waals surface area contributed by atoms with Crippen LogP contribution >= 0.6 is 0 Å². The lowest BCUT2D eigenvalue weighted by Crippen LogP contribution is -2.54. The Kier molecular flexibility index (Phi) is 5.11. The highest BCUT2D eigenvalue weighted by molar-refractivity contribution is 5.73. The van der Waals surface area contributed by atoms with Crippen LogP contribution in [-0.2, 0) is 16.1 Å². The molecule has 22 heavy (non-hydrogen) atoms. The molecule has 0 radical (unpaired) electrons. The number of rotatable bonds is 4. The number of ether oxygens (including phenoxy) is 1. The van der Waals surface area contributed by atoms with E-state index in [1.165, 1.54) is 5.56 Å². The lowest BCUT2D eigenvalue weighted by atomic mass is 9.74. The third-order valence-electron chi connectivity index (χ3n) is 4.98. The molecule has 0 amide bonds. The van der Waals surface area contributed by atoms with Gasteiger partial charge in [-0.2, -0.15) is 0 Å². The van der Waals surface area contributed by atoms with Crippen LogP contribution < -0.4 is 5.32 Å². The van der Waals surface area contributed by atoms with Crippen LogP contribution in [0.15, 0.2) is 30.3 Å². The van der Waals surface area contributed by atoms with Crippen LogP contribution in [0, 0.1) is 17.8 Å². The molecule has 2 aliphatic rings. The van der Waals surface area contributed by atoms with Crippen molar-refractivity contribution >= 4 is 5.97 Å². The summed E-state index contributed by atoms with van der Waals surface area (Å²) in [6, 6.07) is 10.5. The minimum atomic E-state index is -0.0149. The van der Waals surface area contributed by atoms with E-state index in [-0.39, 0.29) is 11.9 Å². The molecule has 0 spiro atoms. The third-order valence-corrected chi connectivity index (χ3v) is 4.98. The fourth-order valence-electron chi connectivity index (χ4n) is 3.92. The van der Waals surface area contributed by atoms with E-state index in [4.69, 9.17) is 4.74 Å². The molecule has 2 fully saturated rings. The van der Waals surface area contributed by atoms with Crippen LogP contribution in [0.1, 0.15) is 18.9 Å². The number of carbonyl (C=O) groups excluding carboxylic acids is 1. The molecular weight excluding hydrogens is 276 g/mol. The molecule has 4 heteroatoms. The summed E-state index contributed by atoms with van der Waals surface area (Å²) in [5.41, 5.74) is 1.32. The number of hydrogen-bond acceptors (Lipinski definition) is 4. The van der Waals surface area contributed by atoms with Crippen molar-refractivity contribution in [2.75, 3.05) is 32.8 Å². The maximum atomic E-state index is 12.4. The summed E-state index contributed by atoms with van der Waals surface area (Å²) in [6.07, 6.45) is 1.16. The highest BCUT2D eigenvalue weighted by atomic mass is 16.5. The number of piperidine rings is 2. The summed E-state index contributed by atoms with van der Waals surface area (Å²) in [5.74, 6) is 1.03.